The lowest BCUT2D eigenvalue weighted by Crippen LogP contribution is -2.34. The van der Waals surface area contributed by atoms with E-state index in [2.05, 4.69) is 31.7 Å². The molecule has 1 saturated carbocycles. The topological polar surface area (TPSA) is 17.8 Å². The van der Waals surface area contributed by atoms with Gasteiger partial charge in [0.2, 0.25) is 0 Å². The Bertz CT molecular complexity index is 328. The zero-order valence-electron chi connectivity index (χ0n) is 9.03. The molecular formula is C12H18N2. The van der Waals surface area contributed by atoms with Gasteiger partial charge < -0.3 is 0 Å². The minimum atomic E-state index is 0.569. The van der Waals surface area contributed by atoms with Crippen molar-refractivity contribution < 1.29 is 0 Å². The Morgan fingerprint density at radius 3 is 2.86 bits per heavy atom. The highest BCUT2D eigenvalue weighted by Crippen LogP contribution is 2.45. The zero-order chi connectivity index (χ0) is 10.2. The largest absolute Gasteiger partial charge is 0.272 e. The molecule has 1 aliphatic carbocycles. The number of hydrogen-bond acceptors (Lipinski definition) is 1. The SMILES string of the molecule is C=Cc1cnn(CC2CC(C)(C)C2)c1. The summed E-state index contributed by atoms with van der Waals surface area (Å²) in [5.41, 5.74) is 1.68. The second-order valence-electron chi connectivity index (χ2n) is 5.14. The quantitative estimate of drug-likeness (QED) is 0.716. The van der Waals surface area contributed by atoms with Crippen molar-refractivity contribution in [2.45, 2.75) is 33.2 Å². The molecule has 2 rings (SSSR count). The van der Waals surface area contributed by atoms with Gasteiger partial charge in [-0.15, -0.1) is 0 Å². The Kier molecular flexibility index (Phi) is 2.22. The van der Waals surface area contributed by atoms with E-state index in [0.29, 0.717) is 5.41 Å². The van der Waals surface area contributed by atoms with Crippen molar-refractivity contribution >= 4 is 6.08 Å². The zero-order valence-corrected chi connectivity index (χ0v) is 9.03. The number of hydrogen-bond donors (Lipinski definition) is 0. The normalized spacial score (nSPS) is 20.4. The first kappa shape index (κ1) is 9.50. The van der Waals surface area contributed by atoms with E-state index in [0.717, 1.165) is 18.0 Å². The summed E-state index contributed by atoms with van der Waals surface area (Å²) in [5, 5.41) is 4.30. The van der Waals surface area contributed by atoms with Crippen LogP contribution < -0.4 is 0 Å². The molecule has 2 nitrogen and oxygen atoms in total. The van der Waals surface area contributed by atoms with Gasteiger partial charge in [0.1, 0.15) is 0 Å². The summed E-state index contributed by atoms with van der Waals surface area (Å²) in [6, 6.07) is 0. The molecule has 0 atom stereocenters. The maximum Gasteiger partial charge on any atom is 0.0562 e. The summed E-state index contributed by atoms with van der Waals surface area (Å²) < 4.78 is 2.04. The van der Waals surface area contributed by atoms with E-state index in [1.165, 1.54) is 12.8 Å². The lowest BCUT2D eigenvalue weighted by molar-refractivity contribution is 0.0800. The van der Waals surface area contributed by atoms with E-state index in [1.54, 1.807) is 0 Å². The molecule has 1 aromatic heterocycles. The average molecular weight is 190 g/mol. The standard InChI is InChI=1S/C12H18N2/c1-4-10-7-13-14(8-10)9-11-5-12(2,3)6-11/h4,7-8,11H,1,5-6,9H2,2-3H3. The van der Waals surface area contributed by atoms with Gasteiger partial charge in [-0.2, -0.15) is 5.10 Å². The van der Waals surface area contributed by atoms with Gasteiger partial charge in [0, 0.05) is 18.3 Å². The van der Waals surface area contributed by atoms with E-state index in [9.17, 15) is 0 Å². The average Bonchev–Trinajstić information content (AvgIpc) is 2.49. The van der Waals surface area contributed by atoms with Crippen molar-refractivity contribution in [1.29, 1.82) is 0 Å². The summed E-state index contributed by atoms with van der Waals surface area (Å²) in [6.45, 7) is 9.46. The Morgan fingerprint density at radius 1 is 1.64 bits per heavy atom. The van der Waals surface area contributed by atoms with Crippen LogP contribution in [0.3, 0.4) is 0 Å². The summed E-state index contributed by atoms with van der Waals surface area (Å²) in [5.74, 6) is 0.822. The smallest absolute Gasteiger partial charge is 0.0562 e. The van der Waals surface area contributed by atoms with Crippen LogP contribution in [-0.2, 0) is 6.54 Å². The molecular weight excluding hydrogens is 172 g/mol. The maximum atomic E-state index is 4.30. The third kappa shape index (κ3) is 1.89. The highest BCUT2D eigenvalue weighted by atomic mass is 15.3. The number of aromatic nitrogens is 2. The minimum absolute atomic E-state index is 0.569. The van der Waals surface area contributed by atoms with Crippen molar-refractivity contribution in [2.75, 3.05) is 0 Å². The van der Waals surface area contributed by atoms with Crippen LogP contribution in [0.4, 0.5) is 0 Å². The first-order valence-electron chi connectivity index (χ1n) is 5.24. The van der Waals surface area contributed by atoms with Crippen LogP contribution >= 0.6 is 0 Å². The van der Waals surface area contributed by atoms with E-state index < -0.39 is 0 Å². The first-order chi connectivity index (χ1) is 6.59. The van der Waals surface area contributed by atoms with Crippen LogP contribution in [0.1, 0.15) is 32.3 Å². The number of rotatable bonds is 3. The molecule has 1 fully saturated rings. The van der Waals surface area contributed by atoms with Crippen LogP contribution in [-0.4, -0.2) is 9.78 Å². The van der Waals surface area contributed by atoms with Gasteiger partial charge in [-0.05, 0) is 24.2 Å². The molecule has 0 amide bonds. The Morgan fingerprint density at radius 2 is 2.36 bits per heavy atom. The van der Waals surface area contributed by atoms with Crippen LogP contribution in [0.15, 0.2) is 19.0 Å². The molecule has 2 heteroatoms. The summed E-state index contributed by atoms with van der Waals surface area (Å²) in [7, 11) is 0. The van der Waals surface area contributed by atoms with Gasteiger partial charge in [-0.3, -0.25) is 4.68 Å². The Balaban J connectivity index is 1.90. The fourth-order valence-electron chi connectivity index (χ4n) is 2.48. The monoisotopic (exact) mass is 190 g/mol. The predicted molar refractivity (Wildman–Crippen MR) is 58.8 cm³/mol. The highest BCUT2D eigenvalue weighted by molar-refractivity contribution is 5.43. The molecule has 1 aromatic rings. The fraction of sp³-hybridized carbons (Fsp3) is 0.583. The predicted octanol–water partition coefficient (Wildman–Crippen LogP) is 2.96. The van der Waals surface area contributed by atoms with Crippen LogP contribution in [0.25, 0.3) is 6.08 Å². The Hall–Kier alpha value is -1.05. The van der Waals surface area contributed by atoms with E-state index in [4.69, 9.17) is 0 Å². The summed E-state index contributed by atoms with van der Waals surface area (Å²) >= 11 is 0. The first-order valence-corrected chi connectivity index (χ1v) is 5.24. The van der Waals surface area contributed by atoms with Crippen molar-refractivity contribution in [1.82, 2.24) is 9.78 Å². The molecule has 0 radical (unpaired) electrons. The molecule has 0 spiro atoms. The molecule has 0 N–H and O–H groups in total. The van der Waals surface area contributed by atoms with Gasteiger partial charge in [0.25, 0.3) is 0 Å². The molecule has 0 saturated heterocycles. The highest BCUT2D eigenvalue weighted by Gasteiger charge is 2.35. The van der Waals surface area contributed by atoms with Crippen LogP contribution in [0.5, 0.6) is 0 Å². The molecule has 0 bridgehead atoms. The molecule has 0 aliphatic heterocycles. The lowest BCUT2D eigenvalue weighted by atomic mass is 9.64. The van der Waals surface area contributed by atoms with Gasteiger partial charge >= 0.3 is 0 Å². The van der Waals surface area contributed by atoms with Gasteiger partial charge in [-0.1, -0.05) is 26.5 Å². The fourth-order valence-corrected chi connectivity index (χ4v) is 2.48. The third-order valence-corrected chi connectivity index (χ3v) is 3.02. The van der Waals surface area contributed by atoms with Crippen molar-refractivity contribution in [2.24, 2.45) is 11.3 Å². The summed E-state index contributed by atoms with van der Waals surface area (Å²) in [4.78, 5) is 0. The van der Waals surface area contributed by atoms with Gasteiger partial charge in [-0.25, -0.2) is 0 Å². The maximum absolute atomic E-state index is 4.30. The lowest BCUT2D eigenvalue weighted by Gasteiger charge is -2.42. The van der Waals surface area contributed by atoms with E-state index >= 15 is 0 Å². The second-order valence-corrected chi connectivity index (χ2v) is 5.14. The minimum Gasteiger partial charge on any atom is -0.272 e. The summed E-state index contributed by atoms with van der Waals surface area (Å²) in [6.07, 6.45) is 8.44. The van der Waals surface area contributed by atoms with E-state index in [1.807, 2.05) is 17.0 Å². The van der Waals surface area contributed by atoms with Crippen LogP contribution in [0, 0.1) is 11.3 Å². The van der Waals surface area contributed by atoms with E-state index in [-0.39, 0.29) is 0 Å². The number of nitrogens with zero attached hydrogens (tertiary/aromatic N) is 2. The molecule has 14 heavy (non-hydrogen) atoms. The van der Waals surface area contributed by atoms with Crippen LogP contribution in [0.2, 0.25) is 0 Å². The van der Waals surface area contributed by atoms with Crippen molar-refractivity contribution in [3.63, 3.8) is 0 Å². The molecule has 1 aliphatic rings. The van der Waals surface area contributed by atoms with Gasteiger partial charge in [0.15, 0.2) is 0 Å². The second kappa shape index (κ2) is 3.26. The molecule has 0 unspecified atom stereocenters. The van der Waals surface area contributed by atoms with Crippen molar-refractivity contribution in [3.05, 3.63) is 24.5 Å². The van der Waals surface area contributed by atoms with Crippen molar-refractivity contribution in [3.8, 4) is 0 Å². The molecule has 1 heterocycles. The molecule has 76 valence electrons. The van der Waals surface area contributed by atoms with Gasteiger partial charge in [0.05, 0.1) is 6.20 Å². The Labute approximate surface area is 85.6 Å². The molecule has 0 aromatic carbocycles. The third-order valence-electron chi connectivity index (χ3n) is 3.02.